The third-order valence-corrected chi connectivity index (χ3v) is 3.78. The molecular formula is C15H19N3O. The lowest BCUT2D eigenvalue weighted by Crippen LogP contribution is -2.13. The molecule has 2 aromatic rings. The second-order valence-corrected chi connectivity index (χ2v) is 5.29. The average molecular weight is 257 g/mol. The zero-order valence-electron chi connectivity index (χ0n) is 11.4. The summed E-state index contributed by atoms with van der Waals surface area (Å²) < 4.78 is 5.35. The maximum absolute atomic E-state index is 5.35. The molecule has 0 amide bonds. The van der Waals surface area contributed by atoms with E-state index in [0.717, 1.165) is 31.1 Å². The summed E-state index contributed by atoms with van der Waals surface area (Å²) in [6.07, 6.45) is 3.00. The molecule has 1 aromatic carbocycles. The molecule has 100 valence electrons. The molecule has 0 unspecified atom stereocenters. The highest BCUT2D eigenvalue weighted by Gasteiger charge is 2.22. The van der Waals surface area contributed by atoms with Crippen molar-refractivity contribution in [3.05, 3.63) is 46.6 Å². The van der Waals surface area contributed by atoms with E-state index in [-0.39, 0.29) is 6.04 Å². The lowest BCUT2D eigenvalue weighted by Gasteiger charge is -2.03. The zero-order valence-corrected chi connectivity index (χ0v) is 11.4. The number of rotatable bonds is 3. The van der Waals surface area contributed by atoms with E-state index in [1.807, 2.05) is 0 Å². The van der Waals surface area contributed by atoms with Crippen molar-refractivity contribution in [3.8, 4) is 0 Å². The van der Waals surface area contributed by atoms with Crippen LogP contribution in [-0.2, 0) is 6.42 Å². The molecule has 1 saturated heterocycles. The smallest absolute Gasteiger partial charge is 0.243 e. The SMILES string of the molecule is Cc1ccc(Cc2noc([C@H]3CCCN3)n2)cc1C. The standard InChI is InChI=1S/C15H19N3O/c1-10-5-6-12(8-11(10)2)9-14-17-15(19-18-14)13-4-3-7-16-13/h5-6,8,13,16H,3-4,7,9H2,1-2H3/t13-/m1/s1. The van der Waals surface area contributed by atoms with Crippen LogP contribution in [0.5, 0.6) is 0 Å². The highest BCUT2D eigenvalue weighted by Crippen LogP contribution is 2.21. The fourth-order valence-electron chi connectivity index (χ4n) is 2.47. The van der Waals surface area contributed by atoms with Crippen LogP contribution in [0.1, 0.15) is 47.3 Å². The van der Waals surface area contributed by atoms with Gasteiger partial charge in [-0.25, -0.2) is 0 Å². The first kappa shape index (κ1) is 12.4. The quantitative estimate of drug-likeness (QED) is 0.918. The van der Waals surface area contributed by atoms with Gasteiger partial charge < -0.3 is 9.84 Å². The van der Waals surface area contributed by atoms with Gasteiger partial charge >= 0.3 is 0 Å². The minimum atomic E-state index is 0.251. The van der Waals surface area contributed by atoms with Crippen molar-refractivity contribution in [2.24, 2.45) is 0 Å². The Morgan fingerprint density at radius 3 is 2.95 bits per heavy atom. The van der Waals surface area contributed by atoms with Crippen LogP contribution in [0.3, 0.4) is 0 Å². The molecule has 1 fully saturated rings. The molecule has 0 radical (unpaired) electrons. The van der Waals surface area contributed by atoms with E-state index >= 15 is 0 Å². The fraction of sp³-hybridized carbons (Fsp3) is 0.467. The van der Waals surface area contributed by atoms with Crippen molar-refractivity contribution in [1.82, 2.24) is 15.5 Å². The summed E-state index contributed by atoms with van der Waals surface area (Å²) in [5, 5.41) is 7.45. The van der Waals surface area contributed by atoms with E-state index in [0.29, 0.717) is 0 Å². The predicted molar refractivity (Wildman–Crippen MR) is 73.0 cm³/mol. The van der Waals surface area contributed by atoms with Crippen LogP contribution < -0.4 is 5.32 Å². The monoisotopic (exact) mass is 257 g/mol. The molecule has 0 aliphatic carbocycles. The molecule has 1 aliphatic heterocycles. The number of aryl methyl sites for hydroxylation is 2. The highest BCUT2D eigenvalue weighted by molar-refractivity contribution is 5.31. The Kier molecular flexibility index (Phi) is 3.34. The second-order valence-electron chi connectivity index (χ2n) is 5.29. The Morgan fingerprint density at radius 2 is 2.21 bits per heavy atom. The first-order chi connectivity index (χ1) is 9.22. The molecule has 1 atom stereocenters. The molecule has 2 heterocycles. The number of hydrogen-bond donors (Lipinski definition) is 1. The van der Waals surface area contributed by atoms with Crippen molar-refractivity contribution < 1.29 is 4.52 Å². The topological polar surface area (TPSA) is 51.0 Å². The first-order valence-corrected chi connectivity index (χ1v) is 6.84. The Bertz CT molecular complexity index is 571. The summed E-state index contributed by atoms with van der Waals surface area (Å²) in [4.78, 5) is 4.50. The molecule has 1 aliphatic rings. The van der Waals surface area contributed by atoms with Crippen molar-refractivity contribution >= 4 is 0 Å². The summed E-state index contributed by atoms with van der Waals surface area (Å²) in [6, 6.07) is 6.72. The van der Waals surface area contributed by atoms with Crippen LogP contribution in [-0.4, -0.2) is 16.7 Å². The van der Waals surface area contributed by atoms with Crippen molar-refractivity contribution in [1.29, 1.82) is 0 Å². The summed E-state index contributed by atoms with van der Waals surface area (Å²) in [6.45, 7) is 5.29. The summed E-state index contributed by atoms with van der Waals surface area (Å²) >= 11 is 0. The molecule has 0 bridgehead atoms. The van der Waals surface area contributed by atoms with Crippen molar-refractivity contribution in [2.45, 2.75) is 39.2 Å². The molecule has 0 spiro atoms. The van der Waals surface area contributed by atoms with E-state index in [4.69, 9.17) is 4.52 Å². The van der Waals surface area contributed by atoms with Gasteiger partial charge in [-0.1, -0.05) is 23.4 Å². The largest absolute Gasteiger partial charge is 0.338 e. The molecule has 0 saturated carbocycles. The highest BCUT2D eigenvalue weighted by atomic mass is 16.5. The number of aromatic nitrogens is 2. The van der Waals surface area contributed by atoms with Gasteiger partial charge in [-0.2, -0.15) is 4.98 Å². The minimum absolute atomic E-state index is 0.251. The minimum Gasteiger partial charge on any atom is -0.338 e. The van der Waals surface area contributed by atoms with Gasteiger partial charge in [0.05, 0.1) is 6.04 Å². The Labute approximate surface area is 113 Å². The van der Waals surface area contributed by atoms with E-state index in [2.05, 4.69) is 47.5 Å². The van der Waals surface area contributed by atoms with Crippen molar-refractivity contribution in [2.75, 3.05) is 6.54 Å². The van der Waals surface area contributed by atoms with E-state index < -0.39 is 0 Å². The molecule has 19 heavy (non-hydrogen) atoms. The summed E-state index contributed by atoms with van der Waals surface area (Å²) in [5.41, 5.74) is 3.85. The van der Waals surface area contributed by atoms with Gasteiger partial charge in [-0.3, -0.25) is 0 Å². The fourth-order valence-corrected chi connectivity index (χ4v) is 2.47. The van der Waals surface area contributed by atoms with Gasteiger partial charge in [-0.15, -0.1) is 0 Å². The van der Waals surface area contributed by atoms with E-state index in [9.17, 15) is 0 Å². The molecule has 1 aromatic heterocycles. The first-order valence-electron chi connectivity index (χ1n) is 6.84. The lowest BCUT2D eigenvalue weighted by molar-refractivity contribution is 0.341. The Hall–Kier alpha value is -1.68. The molecular weight excluding hydrogens is 238 g/mol. The summed E-state index contributed by atoms with van der Waals surface area (Å²) in [5.74, 6) is 1.50. The van der Waals surface area contributed by atoms with Crippen LogP contribution in [0.15, 0.2) is 22.7 Å². The van der Waals surface area contributed by atoms with Gasteiger partial charge in [0.15, 0.2) is 5.82 Å². The number of nitrogens with one attached hydrogen (secondary N) is 1. The number of benzene rings is 1. The number of nitrogens with zero attached hydrogens (tertiary/aromatic N) is 2. The summed E-state index contributed by atoms with van der Waals surface area (Å²) in [7, 11) is 0. The maximum atomic E-state index is 5.35. The van der Waals surface area contributed by atoms with Crippen molar-refractivity contribution in [3.63, 3.8) is 0 Å². The van der Waals surface area contributed by atoms with Crippen LogP contribution in [0.4, 0.5) is 0 Å². The van der Waals surface area contributed by atoms with Crippen LogP contribution >= 0.6 is 0 Å². The molecule has 1 N–H and O–H groups in total. The van der Waals surface area contributed by atoms with E-state index in [1.54, 1.807) is 0 Å². The van der Waals surface area contributed by atoms with Gasteiger partial charge in [0.1, 0.15) is 0 Å². The van der Waals surface area contributed by atoms with Gasteiger partial charge in [0.2, 0.25) is 5.89 Å². The second kappa shape index (κ2) is 5.13. The van der Waals surface area contributed by atoms with Gasteiger partial charge in [0.25, 0.3) is 0 Å². The maximum Gasteiger partial charge on any atom is 0.243 e. The van der Waals surface area contributed by atoms with Crippen LogP contribution in [0.2, 0.25) is 0 Å². The van der Waals surface area contributed by atoms with Crippen LogP contribution in [0.25, 0.3) is 0 Å². The Balaban J connectivity index is 1.74. The van der Waals surface area contributed by atoms with Crippen LogP contribution in [0, 0.1) is 13.8 Å². The van der Waals surface area contributed by atoms with E-state index in [1.165, 1.54) is 23.1 Å². The normalized spacial score (nSPS) is 18.9. The third-order valence-electron chi connectivity index (χ3n) is 3.78. The predicted octanol–water partition coefficient (Wildman–Crippen LogP) is 2.70. The van der Waals surface area contributed by atoms with Gasteiger partial charge in [-0.05, 0) is 49.9 Å². The molecule has 4 heteroatoms. The lowest BCUT2D eigenvalue weighted by atomic mass is 10.0. The third kappa shape index (κ3) is 2.68. The molecule has 3 rings (SSSR count). The zero-order chi connectivity index (χ0) is 13.2. The Morgan fingerprint density at radius 1 is 1.32 bits per heavy atom. The van der Waals surface area contributed by atoms with Gasteiger partial charge in [0, 0.05) is 6.42 Å². The number of hydrogen-bond acceptors (Lipinski definition) is 4. The molecule has 4 nitrogen and oxygen atoms in total. The average Bonchev–Trinajstić information content (AvgIpc) is 3.04.